The summed E-state index contributed by atoms with van der Waals surface area (Å²) in [7, 11) is 4.73. The number of rotatable bonds is 14. The smallest absolute Gasteiger partial charge is 0.309 e. The fourth-order valence-corrected chi connectivity index (χ4v) is 8.52. The fourth-order valence-electron chi connectivity index (χ4n) is 8.52. The molecule has 364 valence electrons. The molecule has 0 aliphatic carbocycles. The van der Waals surface area contributed by atoms with Crippen molar-refractivity contribution in [1.29, 1.82) is 0 Å². The molecule has 3 rings (SSSR count). The van der Waals surface area contributed by atoms with Crippen LogP contribution in [0.3, 0.4) is 0 Å². The van der Waals surface area contributed by atoms with Crippen molar-refractivity contribution in [3.05, 3.63) is 24.3 Å². The number of nitrogens with zero attached hydrogens (tertiary/aromatic N) is 1. The molecule has 0 bridgehead atoms. The molecule has 64 heavy (non-hydrogen) atoms. The molecule has 3 aliphatic heterocycles. The summed E-state index contributed by atoms with van der Waals surface area (Å²) in [4.78, 5) is 77.6. The summed E-state index contributed by atoms with van der Waals surface area (Å²) in [6.07, 6.45) is -5.20. The molecule has 2 N–H and O–H groups in total. The van der Waals surface area contributed by atoms with Gasteiger partial charge in [-0.25, -0.2) is 0 Å². The maximum absolute atomic E-state index is 13.4. The monoisotopic (exact) mass is 913 g/mol. The van der Waals surface area contributed by atoms with Crippen LogP contribution in [-0.2, 0) is 76.1 Å². The Labute approximate surface area is 376 Å². The molecule has 16 atom stereocenters. The van der Waals surface area contributed by atoms with Gasteiger partial charge in [-0.05, 0) is 66.1 Å². The number of cyclic esters (lactones) is 1. The lowest BCUT2D eigenvalue weighted by atomic mass is 9.82. The molecule has 3 heterocycles. The maximum Gasteiger partial charge on any atom is 0.309 e. The van der Waals surface area contributed by atoms with E-state index in [1.807, 2.05) is 6.92 Å². The van der Waals surface area contributed by atoms with Gasteiger partial charge in [0.25, 0.3) is 5.79 Å². The van der Waals surface area contributed by atoms with Crippen LogP contribution in [0.5, 0.6) is 0 Å². The number of aliphatic hydroxyl groups is 2. The van der Waals surface area contributed by atoms with Gasteiger partial charge in [0.2, 0.25) is 0 Å². The lowest BCUT2D eigenvalue weighted by Crippen LogP contribution is -2.70. The van der Waals surface area contributed by atoms with Crippen LogP contribution in [0.25, 0.3) is 0 Å². The molecule has 0 radical (unpaired) electrons. The standard InChI is InChI=1S/C45H71NO18/c1-13-34(50)60-33-23-36(52)56-26(4)18-16-15-17-19-32(59-29(7)48)25(3)22-31(20-21-47)41(42(33)55-12)62-43-39(53)38(46(10)11)40(27(5)57-43)61-37-24-44(9,63-30(8)49)45(54,28(6)58-37)64-35(51)14-2/h15-17,19,21,25-28,31-33,37-43,53-54H,13-14,18,20,22-24H2,1-12H3/b16-15+,19-17+. The van der Waals surface area contributed by atoms with Crippen LogP contribution in [0, 0.1) is 11.8 Å². The summed E-state index contributed by atoms with van der Waals surface area (Å²) in [5, 5.41) is 23.9. The SMILES string of the molecule is CCC(=O)OC1CC(=O)OC(C)C/C=C/C=C/C(OC(C)=O)C(C)CC(CC=O)C(OC2OC(C)C(OC3CC(C)(OC(C)=O)C(O)(OC(=O)CC)C(C)O3)C(N(C)C)C2O)C1OC. The molecule has 19 heteroatoms. The van der Waals surface area contributed by atoms with Crippen molar-refractivity contribution in [2.75, 3.05) is 21.2 Å². The van der Waals surface area contributed by atoms with Crippen molar-refractivity contribution in [2.45, 2.75) is 192 Å². The van der Waals surface area contributed by atoms with Crippen LogP contribution in [0.4, 0.5) is 0 Å². The summed E-state index contributed by atoms with van der Waals surface area (Å²) in [5.74, 6) is -6.97. The van der Waals surface area contributed by atoms with E-state index in [9.17, 15) is 39.0 Å². The van der Waals surface area contributed by atoms with E-state index >= 15 is 0 Å². The first-order chi connectivity index (χ1) is 30.0. The molecule has 0 aromatic rings. The lowest BCUT2D eigenvalue weighted by molar-refractivity contribution is -0.395. The molecule has 2 saturated heterocycles. The zero-order valence-corrected chi connectivity index (χ0v) is 39.3. The van der Waals surface area contributed by atoms with Gasteiger partial charge in [0.15, 0.2) is 18.2 Å². The summed E-state index contributed by atoms with van der Waals surface area (Å²) in [6, 6.07) is -0.904. The van der Waals surface area contributed by atoms with Crippen LogP contribution in [0.1, 0.15) is 107 Å². The van der Waals surface area contributed by atoms with E-state index in [-0.39, 0.29) is 32.1 Å². The summed E-state index contributed by atoms with van der Waals surface area (Å²) in [6.45, 7) is 13.6. The number of aldehydes is 1. The molecule has 0 aromatic carbocycles. The van der Waals surface area contributed by atoms with Crippen molar-refractivity contribution in [3.63, 3.8) is 0 Å². The van der Waals surface area contributed by atoms with E-state index < -0.39 is 133 Å². The van der Waals surface area contributed by atoms with E-state index in [1.165, 1.54) is 27.9 Å². The van der Waals surface area contributed by atoms with Crippen LogP contribution < -0.4 is 0 Å². The van der Waals surface area contributed by atoms with E-state index in [1.54, 1.807) is 71.0 Å². The van der Waals surface area contributed by atoms with Gasteiger partial charge in [0, 0.05) is 53.1 Å². The number of allylic oxidation sites excluding steroid dienone is 2. The fraction of sp³-hybridized carbons (Fsp3) is 0.778. The first-order valence-electron chi connectivity index (χ1n) is 22.0. The number of ether oxygens (including phenoxy) is 10. The van der Waals surface area contributed by atoms with E-state index in [2.05, 4.69) is 0 Å². The highest BCUT2D eigenvalue weighted by Crippen LogP contribution is 2.44. The number of likely N-dealkylation sites (N-methyl/N-ethyl adjacent to an activating group) is 1. The van der Waals surface area contributed by atoms with Gasteiger partial charge in [-0.3, -0.25) is 24.0 Å². The van der Waals surface area contributed by atoms with Gasteiger partial charge in [-0.1, -0.05) is 39.0 Å². The van der Waals surface area contributed by atoms with Gasteiger partial charge in [0.05, 0.1) is 24.7 Å². The Bertz CT molecular complexity index is 1640. The maximum atomic E-state index is 13.4. The molecule has 16 unspecified atom stereocenters. The lowest BCUT2D eigenvalue weighted by Gasteiger charge is -2.53. The molecule has 2 fully saturated rings. The number of hydrogen-bond acceptors (Lipinski definition) is 19. The number of aliphatic hydroxyl groups excluding tert-OH is 1. The minimum atomic E-state index is -2.39. The van der Waals surface area contributed by atoms with Gasteiger partial charge >= 0.3 is 29.8 Å². The zero-order valence-electron chi connectivity index (χ0n) is 39.3. The van der Waals surface area contributed by atoms with E-state index in [0.717, 1.165) is 6.92 Å². The number of hydrogen-bond donors (Lipinski definition) is 2. The number of esters is 5. The Balaban J connectivity index is 2.10. The topological polar surface area (TPSA) is 238 Å². The van der Waals surface area contributed by atoms with Crippen LogP contribution in [0.2, 0.25) is 0 Å². The molecule has 3 aliphatic rings. The van der Waals surface area contributed by atoms with Gasteiger partial charge in [-0.15, -0.1) is 0 Å². The van der Waals surface area contributed by atoms with Crippen molar-refractivity contribution in [2.24, 2.45) is 11.8 Å². The molecule has 0 spiro atoms. The highest BCUT2D eigenvalue weighted by Gasteiger charge is 2.63. The third-order valence-corrected chi connectivity index (χ3v) is 11.8. The summed E-state index contributed by atoms with van der Waals surface area (Å²) in [5.41, 5.74) is -1.84. The molecule has 0 aromatic heterocycles. The summed E-state index contributed by atoms with van der Waals surface area (Å²) < 4.78 is 60.0. The zero-order chi connectivity index (χ0) is 48.1. The largest absolute Gasteiger partial charge is 0.462 e. The number of methoxy groups -OCH3 is 1. The quantitative estimate of drug-likeness (QED) is 0.110. The molecular formula is C45H71NO18. The Kier molecular flexibility index (Phi) is 21.0. The minimum Gasteiger partial charge on any atom is -0.462 e. The first kappa shape index (κ1) is 54.5. The average molecular weight is 914 g/mol. The van der Waals surface area contributed by atoms with Gasteiger partial charge in [-0.2, -0.15) is 0 Å². The molecule has 0 saturated carbocycles. The Morgan fingerprint density at radius 1 is 0.922 bits per heavy atom. The van der Waals surface area contributed by atoms with E-state index in [0.29, 0.717) is 12.7 Å². The van der Waals surface area contributed by atoms with Crippen LogP contribution in [-0.4, -0.2) is 157 Å². The summed E-state index contributed by atoms with van der Waals surface area (Å²) >= 11 is 0. The predicted molar refractivity (Wildman–Crippen MR) is 226 cm³/mol. The second-order valence-corrected chi connectivity index (χ2v) is 17.2. The Hall–Kier alpha value is -3.82. The van der Waals surface area contributed by atoms with Crippen molar-refractivity contribution in [3.8, 4) is 0 Å². The third kappa shape index (κ3) is 14.3. The average Bonchev–Trinajstić information content (AvgIpc) is 3.19. The highest BCUT2D eigenvalue weighted by molar-refractivity contribution is 5.73. The van der Waals surface area contributed by atoms with Crippen LogP contribution >= 0.6 is 0 Å². The van der Waals surface area contributed by atoms with Crippen LogP contribution in [0.15, 0.2) is 24.3 Å². The van der Waals surface area contributed by atoms with Crippen molar-refractivity contribution in [1.82, 2.24) is 4.90 Å². The second-order valence-electron chi connectivity index (χ2n) is 17.2. The van der Waals surface area contributed by atoms with Crippen molar-refractivity contribution < 1.29 is 86.3 Å². The third-order valence-electron chi connectivity index (χ3n) is 11.8. The molecule has 19 nitrogen and oxygen atoms in total. The normalized spacial score (nSPS) is 38.8. The minimum absolute atomic E-state index is 0.0412. The van der Waals surface area contributed by atoms with Crippen molar-refractivity contribution >= 4 is 36.1 Å². The van der Waals surface area contributed by atoms with Gasteiger partial charge in [0.1, 0.15) is 49.0 Å². The van der Waals surface area contributed by atoms with Gasteiger partial charge < -0.3 is 67.3 Å². The number of carbonyl (C=O) groups is 6. The van der Waals surface area contributed by atoms with E-state index in [4.69, 9.17) is 47.4 Å². The highest BCUT2D eigenvalue weighted by atomic mass is 16.8. The first-order valence-corrected chi connectivity index (χ1v) is 22.0. The Morgan fingerprint density at radius 3 is 2.17 bits per heavy atom. The second kappa shape index (κ2) is 24.6. The number of carbonyl (C=O) groups excluding carboxylic acids is 6. The molecule has 0 amide bonds. The predicted octanol–water partition coefficient (Wildman–Crippen LogP) is 3.23. The Morgan fingerprint density at radius 2 is 1.59 bits per heavy atom. The molecular weight excluding hydrogens is 842 g/mol.